The molecule has 1 amide bonds. The molecule has 1 unspecified atom stereocenters. The molecular formula is C15H25N5O5S. The number of esters is 1. The van der Waals surface area contributed by atoms with Crippen molar-refractivity contribution in [3.8, 4) is 0 Å². The van der Waals surface area contributed by atoms with Crippen molar-refractivity contribution in [1.82, 2.24) is 19.8 Å². The molecule has 2 heterocycles. The number of ether oxygens (including phenoxy) is 1. The Bertz CT molecular complexity index is 733. The van der Waals surface area contributed by atoms with E-state index < -0.39 is 22.0 Å². The number of hydrogen-bond acceptors (Lipinski definition) is 7. The quantitative estimate of drug-likeness (QED) is 0.514. The monoisotopic (exact) mass is 387 g/mol. The maximum Gasteiger partial charge on any atom is 0.342 e. The summed E-state index contributed by atoms with van der Waals surface area (Å²) in [4.78, 5) is 23.6. The normalized spacial score (nSPS) is 18.5. The Morgan fingerprint density at radius 2 is 2.23 bits per heavy atom. The Morgan fingerprint density at radius 1 is 1.46 bits per heavy atom. The highest BCUT2D eigenvalue weighted by atomic mass is 32.2. The van der Waals surface area contributed by atoms with Crippen molar-refractivity contribution in [2.75, 3.05) is 26.2 Å². The molecule has 0 aromatic carbocycles. The molecule has 2 rings (SSSR count). The number of hydrogen-bond donors (Lipinski definition) is 3. The lowest BCUT2D eigenvalue weighted by molar-refractivity contribution is -0.121. The SMILES string of the molecule is CCOC(=O)c1cn[nH]c1S(=O)(=O)N1CCCCC1CNC(=O)CCN. The Labute approximate surface area is 152 Å². The van der Waals surface area contributed by atoms with Gasteiger partial charge in [0.05, 0.1) is 12.8 Å². The van der Waals surface area contributed by atoms with E-state index in [0.717, 1.165) is 12.6 Å². The second-order valence-electron chi connectivity index (χ2n) is 5.94. The van der Waals surface area contributed by atoms with Crippen LogP contribution in [0.5, 0.6) is 0 Å². The lowest BCUT2D eigenvalue weighted by atomic mass is 10.1. The number of piperidine rings is 1. The molecule has 1 fully saturated rings. The van der Waals surface area contributed by atoms with Gasteiger partial charge in [-0.2, -0.15) is 9.40 Å². The standard InChI is InChI=1S/C15H25N5O5S/c1-2-25-15(22)12-10-18-19-14(12)26(23,24)20-8-4-3-5-11(20)9-17-13(21)6-7-16/h10-11H,2-9,16H2,1H3,(H,17,21)(H,18,19). The fraction of sp³-hybridized carbons (Fsp3) is 0.667. The molecular weight excluding hydrogens is 362 g/mol. The summed E-state index contributed by atoms with van der Waals surface area (Å²) < 4.78 is 32.4. The Kier molecular flexibility index (Phi) is 7.12. The molecule has 0 bridgehead atoms. The van der Waals surface area contributed by atoms with E-state index >= 15 is 0 Å². The van der Waals surface area contributed by atoms with Gasteiger partial charge in [-0.1, -0.05) is 6.42 Å². The highest BCUT2D eigenvalue weighted by Crippen LogP contribution is 2.26. The first-order chi connectivity index (χ1) is 12.4. The summed E-state index contributed by atoms with van der Waals surface area (Å²) in [5, 5.41) is 8.53. The lowest BCUT2D eigenvalue weighted by Crippen LogP contribution is -2.49. The summed E-state index contributed by atoms with van der Waals surface area (Å²) in [6.45, 7) is 2.50. The zero-order chi connectivity index (χ0) is 19.2. The smallest absolute Gasteiger partial charge is 0.342 e. The van der Waals surface area contributed by atoms with E-state index in [0.29, 0.717) is 19.4 Å². The lowest BCUT2D eigenvalue weighted by Gasteiger charge is -2.34. The number of nitrogens with one attached hydrogen (secondary N) is 2. The van der Waals surface area contributed by atoms with Gasteiger partial charge in [0, 0.05) is 32.1 Å². The minimum absolute atomic E-state index is 0.122. The van der Waals surface area contributed by atoms with Crippen LogP contribution in [0.25, 0.3) is 0 Å². The molecule has 146 valence electrons. The Morgan fingerprint density at radius 3 is 2.92 bits per heavy atom. The summed E-state index contributed by atoms with van der Waals surface area (Å²) in [5.74, 6) is -0.964. The second kappa shape index (κ2) is 9.10. The van der Waals surface area contributed by atoms with Gasteiger partial charge in [0.2, 0.25) is 5.91 Å². The maximum absolute atomic E-state index is 13.1. The van der Waals surface area contributed by atoms with Gasteiger partial charge in [-0.05, 0) is 19.8 Å². The predicted octanol–water partition coefficient (Wildman–Crippen LogP) is -0.405. The molecule has 1 atom stereocenters. The number of rotatable bonds is 8. The molecule has 10 nitrogen and oxygen atoms in total. The number of nitrogens with zero attached hydrogens (tertiary/aromatic N) is 2. The van der Waals surface area contributed by atoms with E-state index in [4.69, 9.17) is 10.5 Å². The molecule has 26 heavy (non-hydrogen) atoms. The van der Waals surface area contributed by atoms with Crippen LogP contribution in [0.4, 0.5) is 0 Å². The fourth-order valence-corrected chi connectivity index (χ4v) is 4.65. The number of carbonyl (C=O) groups excluding carboxylic acids is 2. The fourth-order valence-electron chi connectivity index (χ4n) is 2.89. The van der Waals surface area contributed by atoms with Gasteiger partial charge in [0.25, 0.3) is 10.0 Å². The Hall–Kier alpha value is -1.98. The number of aromatic nitrogens is 2. The van der Waals surface area contributed by atoms with Crippen LogP contribution >= 0.6 is 0 Å². The van der Waals surface area contributed by atoms with Crippen LogP contribution < -0.4 is 11.1 Å². The average Bonchev–Trinajstić information content (AvgIpc) is 3.11. The first kappa shape index (κ1) is 20.3. The summed E-state index contributed by atoms with van der Waals surface area (Å²) in [6, 6.07) is -0.395. The molecule has 11 heteroatoms. The van der Waals surface area contributed by atoms with Crippen LogP contribution in [0, 0.1) is 0 Å². The first-order valence-corrected chi connectivity index (χ1v) is 10.0. The van der Waals surface area contributed by atoms with Crippen molar-refractivity contribution in [3.63, 3.8) is 0 Å². The third kappa shape index (κ3) is 4.59. The minimum Gasteiger partial charge on any atom is -0.462 e. The molecule has 4 N–H and O–H groups in total. The summed E-state index contributed by atoms with van der Waals surface area (Å²) in [6.07, 6.45) is 3.51. The van der Waals surface area contributed by atoms with Crippen molar-refractivity contribution in [1.29, 1.82) is 0 Å². The predicted molar refractivity (Wildman–Crippen MR) is 92.8 cm³/mol. The summed E-state index contributed by atoms with van der Waals surface area (Å²) in [5.41, 5.74) is 5.22. The first-order valence-electron chi connectivity index (χ1n) is 8.60. The van der Waals surface area contributed by atoms with Gasteiger partial charge in [-0.3, -0.25) is 9.89 Å². The van der Waals surface area contributed by atoms with Gasteiger partial charge in [0.1, 0.15) is 5.56 Å². The highest BCUT2D eigenvalue weighted by molar-refractivity contribution is 7.89. The minimum atomic E-state index is -3.98. The van der Waals surface area contributed by atoms with Crippen LogP contribution in [0.1, 0.15) is 43.0 Å². The molecule has 0 spiro atoms. The van der Waals surface area contributed by atoms with Crippen LogP contribution in [0.3, 0.4) is 0 Å². The van der Waals surface area contributed by atoms with E-state index in [-0.39, 0.29) is 42.6 Å². The molecule has 0 saturated carbocycles. The molecule has 1 saturated heterocycles. The van der Waals surface area contributed by atoms with Gasteiger partial charge in [-0.15, -0.1) is 0 Å². The van der Waals surface area contributed by atoms with Crippen molar-refractivity contribution in [3.05, 3.63) is 11.8 Å². The van der Waals surface area contributed by atoms with Crippen molar-refractivity contribution >= 4 is 21.9 Å². The number of amides is 1. The van der Waals surface area contributed by atoms with Crippen molar-refractivity contribution < 1.29 is 22.7 Å². The molecule has 0 radical (unpaired) electrons. The molecule has 1 aliphatic heterocycles. The third-order valence-electron chi connectivity index (χ3n) is 4.15. The Balaban J connectivity index is 2.21. The number of sulfonamides is 1. The van der Waals surface area contributed by atoms with Gasteiger partial charge in [0.15, 0.2) is 5.03 Å². The second-order valence-corrected chi connectivity index (χ2v) is 7.77. The topological polar surface area (TPSA) is 147 Å². The average molecular weight is 387 g/mol. The van der Waals surface area contributed by atoms with Crippen LogP contribution in [0.15, 0.2) is 11.2 Å². The summed E-state index contributed by atoms with van der Waals surface area (Å²) in [7, 11) is -3.98. The number of H-pyrrole nitrogens is 1. The van der Waals surface area contributed by atoms with E-state index in [1.807, 2.05) is 0 Å². The third-order valence-corrected chi connectivity index (χ3v) is 6.07. The highest BCUT2D eigenvalue weighted by Gasteiger charge is 2.37. The van der Waals surface area contributed by atoms with E-state index in [1.54, 1.807) is 6.92 Å². The zero-order valence-electron chi connectivity index (χ0n) is 14.7. The van der Waals surface area contributed by atoms with Crippen LogP contribution in [-0.4, -0.2) is 67.1 Å². The van der Waals surface area contributed by atoms with Gasteiger partial charge in [-0.25, -0.2) is 13.2 Å². The number of aromatic amines is 1. The number of nitrogens with two attached hydrogens (primary N) is 1. The molecule has 0 aliphatic carbocycles. The molecule has 1 aliphatic rings. The van der Waals surface area contributed by atoms with E-state index in [1.165, 1.54) is 4.31 Å². The zero-order valence-corrected chi connectivity index (χ0v) is 15.5. The molecule has 1 aromatic heterocycles. The summed E-state index contributed by atoms with van der Waals surface area (Å²) >= 11 is 0. The maximum atomic E-state index is 13.1. The van der Waals surface area contributed by atoms with Crippen molar-refractivity contribution in [2.45, 2.75) is 43.7 Å². The van der Waals surface area contributed by atoms with Crippen molar-refractivity contribution in [2.24, 2.45) is 5.73 Å². The molecule has 1 aromatic rings. The van der Waals surface area contributed by atoms with Crippen LogP contribution in [0.2, 0.25) is 0 Å². The number of carbonyl (C=O) groups is 2. The van der Waals surface area contributed by atoms with E-state index in [9.17, 15) is 18.0 Å². The van der Waals surface area contributed by atoms with Crippen LogP contribution in [-0.2, 0) is 19.6 Å². The van der Waals surface area contributed by atoms with Gasteiger partial charge >= 0.3 is 5.97 Å². The van der Waals surface area contributed by atoms with Gasteiger partial charge < -0.3 is 15.8 Å². The van der Waals surface area contributed by atoms with E-state index in [2.05, 4.69) is 15.5 Å². The largest absolute Gasteiger partial charge is 0.462 e.